The van der Waals surface area contributed by atoms with Gasteiger partial charge in [-0.1, -0.05) is 88.3 Å². The zero-order valence-electron chi connectivity index (χ0n) is 72.3. The minimum atomic E-state index is -1.77. The van der Waals surface area contributed by atoms with E-state index in [-0.39, 0.29) is 84.2 Å². The molecule has 0 aliphatic rings. The van der Waals surface area contributed by atoms with E-state index < -0.39 is 191 Å². The molecule has 38 nitrogen and oxygen atoms in total. The standard InChI is InChI=1S/C79H133N21O17/c1-24-28-53(102)91-55(38(2)3)67(107)88-47(19)76(116)100(23)48(20)65(105)93-60(43(12)13)72(112)97-59(42(10)11)70(110)90-52(49-30-32-50(101)33-31-49)37-54(103)92-56(39(4)5)71(111)96-58(41(8)9)69(109)89-51(29-27-36-86-78(82)83)66(106)94-61(44(14)15)73(113)98-62(45(16)17)74(114)95-57(40(6)7)68(108)87-46(18)64(104)99-63(79(21,22)117)75(115)84-34-25-26-35-85-77(80)81/h30-33,39,42-48,51-52,56,59-63,101,117H,24-29,34-37H2,1-23H3,(H,84,115)(H,87,108)(H,88,107)(H,89,109)(H,90,110)(H,91,102)(H,92,103)(H,93,105)(H,94,106)(H,95,114)(H,96,111)(H,97,112)(H,98,113)(H,99,104)(H4,80,81,85)(H4,82,83,86)/t46-,47+,48+,51-,52+,56+,59-,60-,61-,62-,63+/m1/s1. The number of phenolic OH excluding ortho intramolecular Hbond substituents is 1. The van der Waals surface area contributed by atoms with Crippen LogP contribution >= 0.6 is 0 Å². The summed E-state index contributed by atoms with van der Waals surface area (Å²) in [4.78, 5) is 218. The maximum Gasteiger partial charge on any atom is 0.268 e. The second kappa shape index (κ2) is 49.6. The van der Waals surface area contributed by atoms with E-state index >= 15 is 0 Å². The van der Waals surface area contributed by atoms with E-state index in [1.165, 1.54) is 93.6 Å². The van der Waals surface area contributed by atoms with Gasteiger partial charge in [0, 0.05) is 33.1 Å². The fraction of sp³-hybridized carbons (Fsp3) is 0.633. The number of hydrogen-bond acceptors (Lipinski definition) is 19. The van der Waals surface area contributed by atoms with Crippen LogP contribution in [0.4, 0.5) is 0 Å². The Morgan fingerprint density at radius 2 is 0.838 bits per heavy atom. The van der Waals surface area contributed by atoms with Crippen LogP contribution in [0.2, 0.25) is 0 Å². The number of unbranched alkanes of at least 4 members (excludes halogenated alkanes) is 1. The van der Waals surface area contributed by atoms with Crippen molar-refractivity contribution < 1.29 is 82.1 Å². The summed E-state index contributed by atoms with van der Waals surface area (Å²) in [7, 11) is 1.34. The predicted octanol–water partition coefficient (Wildman–Crippen LogP) is -0.506. The first-order chi connectivity index (χ1) is 54.2. The molecule has 0 bridgehead atoms. The van der Waals surface area contributed by atoms with Crippen molar-refractivity contribution in [2.45, 2.75) is 269 Å². The highest BCUT2D eigenvalue weighted by atomic mass is 16.3. The lowest BCUT2D eigenvalue weighted by molar-refractivity contribution is -0.142. The monoisotopic (exact) mass is 1650 g/mol. The number of carbonyl (C=O) groups excluding carboxylic acids is 15. The molecule has 0 spiro atoms. The van der Waals surface area contributed by atoms with Gasteiger partial charge < -0.3 is 112 Å². The molecule has 1 aromatic carbocycles. The topological polar surface area (TPSA) is 597 Å². The van der Waals surface area contributed by atoms with Crippen molar-refractivity contribution in [1.82, 2.24) is 79.3 Å². The lowest BCUT2D eigenvalue weighted by atomic mass is 9.97. The Morgan fingerprint density at radius 3 is 1.26 bits per heavy atom. The number of nitrogens with two attached hydrogens (primary N) is 4. The lowest BCUT2D eigenvalue weighted by Crippen LogP contribution is -2.61. The molecule has 0 heterocycles. The number of guanidine groups is 2. The zero-order chi connectivity index (χ0) is 90.0. The molecule has 1 aromatic rings. The van der Waals surface area contributed by atoms with Gasteiger partial charge in [0.2, 0.25) is 70.9 Å². The average Bonchev–Trinajstić information content (AvgIpc) is 0.846. The Labute approximate surface area is 687 Å². The SMILES string of the molecule is CCCC(=O)NC(C(=O)N[C@@H](C)C(=O)N(C)[C@@H](C)C(=O)N[C@@H](C(=O)N[C@@H](C(=O)N[C@@H](CC(=O)N[C@H](C(=O)NC(C(=O)N[C@H](CCCN=C(N)N)C(=O)N[C@@H](C(=O)N[C@@H](C(=O)NC(C(=O)N[C@H](C)C(=O)N[C@@H](C(=O)NCCCCN=C(N)N)C(C)(C)O)=C(C)C)C(C)C)C(C)C)=C(C)C)C(C)C)c1ccc(O)cc1)C(C)C)C(C)C)=C(C)C. The van der Waals surface area contributed by atoms with Crippen LogP contribution in [0.3, 0.4) is 0 Å². The van der Waals surface area contributed by atoms with Gasteiger partial charge in [0.05, 0.1) is 18.1 Å². The molecule has 0 saturated carbocycles. The van der Waals surface area contributed by atoms with Crippen LogP contribution in [0.1, 0.15) is 209 Å². The first-order valence-electron chi connectivity index (χ1n) is 39.4. The Bertz CT molecular complexity index is 3800. The van der Waals surface area contributed by atoms with Crippen LogP contribution in [0.5, 0.6) is 5.75 Å². The number of rotatable bonds is 47. The fourth-order valence-corrected chi connectivity index (χ4v) is 11.3. The number of phenols is 1. The third-order valence-electron chi connectivity index (χ3n) is 18.4. The second-order valence-electron chi connectivity index (χ2n) is 31.9. The summed E-state index contributed by atoms with van der Waals surface area (Å²) in [6, 6.07) is -8.96. The Kier molecular flexibility index (Phi) is 44.0. The molecule has 0 unspecified atom stereocenters. The molecule has 0 fully saturated rings. The highest BCUT2D eigenvalue weighted by Crippen LogP contribution is 2.23. The molecule has 15 amide bonds. The highest BCUT2D eigenvalue weighted by molar-refractivity contribution is 6.05. The molecule has 24 N–H and O–H groups in total. The largest absolute Gasteiger partial charge is 0.508 e. The summed E-state index contributed by atoms with van der Waals surface area (Å²) in [5.41, 5.74) is 20.8. The Balaban J connectivity index is 3.51. The van der Waals surface area contributed by atoms with Crippen LogP contribution in [0.25, 0.3) is 0 Å². The zero-order valence-corrected chi connectivity index (χ0v) is 72.3. The van der Waals surface area contributed by atoms with Crippen molar-refractivity contribution in [2.24, 2.45) is 62.5 Å². The molecule has 0 radical (unpaired) electrons. The summed E-state index contributed by atoms with van der Waals surface area (Å²) in [6.07, 6.45) is 1.12. The van der Waals surface area contributed by atoms with Gasteiger partial charge in [-0.15, -0.1) is 0 Å². The van der Waals surface area contributed by atoms with E-state index in [0.717, 1.165) is 4.90 Å². The van der Waals surface area contributed by atoms with E-state index in [9.17, 15) is 82.1 Å². The van der Waals surface area contributed by atoms with Gasteiger partial charge in [-0.2, -0.15) is 0 Å². The first-order valence-corrected chi connectivity index (χ1v) is 39.4. The Hall–Kier alpha value is -11.2. The number of aliphatic hydroxyl groups is 1. The van der Waals surface area contributed by atoms with Gasteiger partial charge in [0.25, 0.3) is 17.7 Å². The fourth-order valence-electron chi connectivity index (χ4n) is 11.3. The van der Waals surface area contributed by atoms with Crippen molar-refractivity contribution in [1.29, 1.82) is 0 Å². The summed E-state index contributed by atoms with van der Waals surface area (Å²) in [6.45, 7) is 34.6. The molecule has 1 rings (SSSR count). The third kappa shape index (κ3) is 35.8. The van der Waals surface area contributed by atoms with E-state index in [0.29, 0.717) is 36.9 Å². The molecule has 0 saturated heterocycles. The van der Waals surface area contributed by atoms with Gasteiger partial charge in [0.15, 0.2) is 11.9 Å². The van der Waals surface area contributed by atoms with Crippen LogP contribution in [0, 0.1) is 29.6 Å². The number of nitrogens with one attached hydrogen (secondary N) is 14. The second-order valence-corrected chi connectivity index (χ2v) is 31.9. The molecule has 117 heavy (non-hydrogen) atoms. The molecule has 11 atom stereocenters. The van der Waals surface area contributed by atoms with Gasteiger partial charge >= 0.3 is 0 Å². The number of nitrogens with zero attached hydrogens (tertiary/aromatic N) is 3. The minimum Gasteiger partial charge on any atom is -0.508 e. The number of allylic oxidation sites excluding steroid dienone is 3. The lowest BCUT2D eigenvalue weighted by Gasteiger charge is -2.31. The van der Waals surface area contributed by atoms with E-state index in [4.69, 9.17) is 22.9 Å². The molecule has 0 aromatic heterocycles. The van der Waals surface area contributed by atoms with Crippen LogP contribution in [-0.2, 0) is 71.9 Å². The molecule has 38 heteroatoms. The van der Waals surface area contributed by atoms with Crippen molar-refractivity contribution >= 4 is 101 Å². The summed E-state index contributed by atoms with van der Waals surface area (Å²) in [5.74, 6) is -15.5. The van der Waals surface area contributed by atoms with Gasteiger partial charge in [-0.05, 0) is 172 Å². The van der Waals surface area contributed by atoms with Crippen LogP contribution in [-0.4, -0.2) is 208 Å². The third-order valence-corrected chi connectivity index (χ3v) is 18.4. The normalized spacial score (nSPS) is 14.0. The van der Waals surface area contributed by atoms with E-state index in [2.05, 4.69) is 84.4 Å². The predicted molar refractivity (Wildman–Crippen MR) is 442 cm³/mol. The maximum atomic E-state index is 14.6. The van der Waals surface area contributed by atoms with Crippen LogP contribution < -0.4 is 97.4 Å². The average molecular weight is 1650 g/mol. The van der Waals surface area contributed by atoms with Gasteiger partial charge in [0.1, 0.15) is 83.3 Å². The molecular weight excluding hydrogens is 1510 g/mol. The Morgan fingerprint density at radius 1 is 0.444 bits per heavy atom. The van der Waals surface area contributed by atoms with Crippen molar-refractivity contribution in [3.05, 3.63) is 63.6 Å². The van der Waals surface area contributed by atoms with Gasteiger partial charge in [-0.3, -0.25) is 81.9 Å². The summed E-state index contributed by atoms with van der Waals surface area (Å²) < 4.78 is 0. The van der Waals surface area contributed by atoms with Crippen molar-refractivity contribution in [2.75, 3.05) is 26.7 Å². The van der Waals surface area contributed by atoms with Crippen molar-refractivity contribution in [3.8, 4) is 5.75 Å². The summed E-state index contributed by atoms with van der Waals surface area (Å²) >= 11 is 0. The number of amides is 15. The van der Waals surface area contributed by atoms with E-state index in [1.54, 1.807) is 90.0 Å². The number of likely N-dealkylation sites (N-methyl/N-ethyl adjacent to an activating group) is 1. The van der Waals surface area contributed by atoms with Gasteiger partial charge in [-0.25, -0.2) is 0 Å². The number of aromatic hydroxyl groups is 1. The van der Waals surface area contributed by atoms with Crippen molar-refractivity contribution in [3.63, 3.8) is 0 Å². The molecule has 0 aliphatic carbocycles. The van der Waals surface area contributed by atoms with Crippen LogP contribution in [0.15, 0.2) is 68.1 Å². The minimum absolute atomic E-state index is 0.0146. The smallest absolute Gasteiger partial charge is 0.268 e. The quantitative estimate of drug-likeness (QED) is 0.0169. The first kappa shape index (κ1) is 104. The van der Waals surface area contributed by atoms with E-state index in [1.807, 2.05) is 0 Å². The number of benzene rings is 1. The molecule has 656 valence electrons. The number of carbonyl (C=O) groups is 15. The number of hydrogen-bond donors (Lipinski definition) is 20. The maximum absolute atomic E-state index is 14.6. The molecule has 0 aliphatic heterocycles. The number of aliphatic imine (C=N–C) groups is 2. The highest BCUT2D eigenvalue weighted by Gasteiger charge is 2.40. The summed E-state index contributed by atoms with van der Waals surface area (Å²) in [5, 5.41) is 58.0. The molecular formula is C79H133N21O17.